The lowest BCUT2D eigenvalue weighted by Crippen LogP contribution is -2.15. The first-order chi connectivity index (χ1) is 9.90. The van der Waals surface area contributed by atoms with Crippen LogP contribution in [0.25, 0.3) is 0 Å². The van der Waals surface area contributed by atoms with Gasteiger partial charge in [-0.25, -0.2) is 4.79 Å². The minimum Gasteiger partial charge on any atom is -0.507 e. The third-order valence-electron chi connectivity index (χ3n) is 2.69. The number of phenolic OH excluding ortho intramolecular Hbond substituents is 1. The number of halogens is 2. The van der Waals surface area contributed by atoms with Crippen LogP contribution in [0, 0.1) is 3.57 Å². The van der Waals surface area contributed by atoms with E-state index in [-0.39, 0.29) is 22.6 Å². The highest BCUT2D eigenvalue weighted by atomic mass is 127. The second-order valence-corrected chi connectivity index (χ2v) is 6.18. The molecule has 2 rings (SSSR count). The Bertz CT molecular complexity index is 733. The summed E-state index contributed by atoms with van der Waals surface area (Å²) in [5, 5.41) is 21.4. The lowest BCUT2D eigenvalue weighted by Gasteiger charge is -2.11. The molecule has 108 valence electrons. The molecule has 0 heterocycles. The number of carboxylic acids is 1. The number of hydrogen-bond donors (Lipinski definition) is 3. The van der Waals surface area contributed by atoms with Gasteiger partial charge in [0.1, 0.15) is 5.75 Å². The number of carbonyl (C=O) groups excluding carboxylic acids is 1. The number of hydrogen-bond acceptors (Lipinski definition) is 3. The smallest absolute Gasteiger partial charge is 0.337 e. The van der Waals surface area contributed by atoms with E-state index in [1.54, 1.807) is 18.2 Å². The van der Waals surface area contributed by atoms with Gasteiger partial charge in [0, 0.05) is 8.04 Å². The van der Waals surface area contributed by atoms with Crippen molar-refractivity contribution < 1.29 is 19.8 Å². The summed E-state index contributed by atoms with van der Waals surface area (Å²) in [5.41, 5.74) is 0.185. The van der Waals surface area contributed by atoms with Gasteiger partial charge in [0.25, 0.3) is 5.91 Å². The monoisotopic (exact) mass is 461 g/mol. The quantitative estimate of drug-likeness (QED) is 0.608. The maximum Gasteiger partial charge on any atom is 0.337 e. The fourth-order valence-electron chi connectivity index (χ4n) is 1.70. The Morgan fingerprint density at radius 1 is 1.14 bits per heavy atom. The molecule has 0 saturated carbocycles. The number of anilines is 1. The van der Waals surface area contributed by atoms with Crippen molar-refractivity contribution in [2.45, 2.75) is 0 Å². The molecule has 0 aromatic heterocycles. The van der Waals surface area contributed by atoms with Crippen molar-refractivity contribution in [3.63, 3.8) is 0 Å². The van der Waals surface area contributed by atoms with E-state index in [0.717, 1.165) is 3.57 Å². The largest absolute Gasteiger partial charge is 0.507 e. The molecule has 3 N–H and O–H groups in total. The number of nitrogens with one attached hydrogen (secondary N) is 1. The van der Waals surface area contributed by atoms with E-state index in [2.05, 4.69) is 21.2 Å². The van der Waals surface area contributed by atoms with Crippen LogP contribution in [0.4, 0.5) is 5.69 Å². The van der Waals surface area contributed by atoms with Gasteiger partial charge in [0.2, 0.25) is 0 Å². The number of phenols is 1. The molecular weight excluding hydrogens is 453 g/mol. The summed E-state index contributed by atoms with van der Waals surface area (Å²) < 4.78 is 1.22. The van der Waals surface area contributed by atoms with Crippen LogP contribution in [-0.4, -0.2) is 22.1 Å². The molecule has 0 bridgehead atoms. The van der Waals surface area contributed by atoms with Crippen LogP contribution in [0.2, 0.25) is 0 Å². The zero-order valence-electron chi connectivity index (χ0n) is 10.4. The fourth-order valence-corrected chi connectivity index (χ4v) is 2.66. The Balaban J connectivity index is 2.41. The lowest BCUT2D eigenvalue weighted by atomic mass is 10.1. The number of benzene rings is 2. The Hall–Kier alpha value is -1.61. The second kappa shape index (κ2) is 6.44. The number of carbonyl (C=O) groups is 2. The molecule has 21 heavy (non-hydrogen) atoms. The summed E-state index contributed by atoms with van der Waals surface area (Å²) >= 11 is 5.22. The van der Waals surface area contributed by atoms with Crippen LogP contribution in [-0.2, 0) is 0 Å². The van der Waals surface area contributed by atoms with Crippen LogP contribution in [0.1, 0.15) is 20.7 Å². The Kier molecular flexibility index (Phi) is 4.84. The third-order valence-corrected chi connectivity index (χ3v) is 4.02. The summed E-state index contributed by atoms with van der Waals surface area (Å²) in [6.45, 7) is 0. The van der Waals surface area contributed by atoms with E-state index in [9.17, 15) is 14.7 Å². The van der Waals surface area contributed by atoms with Crippen molar-refractivity contribution in [2.75, 3.05) is 5.32 Å². The van der Waals surface area contributed by atoms with Crippen molar-refractivity contribution in [1.29, 1.82) is 0 Å². The zero-order chi connectivity index (χ0) is 15.6. The molecule has 0 fully saturated rings. The molecular formula is C14H9BrINO4. The molecule has 0 spiro atoms. The Morgan fingerprint density at radius 2 is 1.86 bits per heavy atom. The minimum absolute atomic E-state index is 0.0390. The molecule has 0 radical (unpaired) electrons. The summed E-state index contributed by atoms with van der Waals surface area (Å²) in [6.07, 6.45) is 0. The van der Waals surface area contributed by atoms with Crippen molar-refractivity contribution >= 4 is 56.1 Å². The van der Waals surface area contributed by atoms with E-state index in [0.29, 0.717) is 4.47 Å². The molecule has 2 aromatic rings. The van der Waals surface area contributed by atoms with Gasteiger partial charge in [-0.1, -0.05) is 6.07 Å². The first kappa shape index (κ1) is 15.8. The zero-order valence-corrected chi connectivity index (χ0v) is 14.2. The molecule has 2 aromatic carbocycles. The van der Waals surface area contributed by atoms with Gasteiger partial charge in [-0.3, -0.25) is 4.79 Å². The van der Waals surface area contributed by atoms with Crippen LogP contribution >= 0.6 is 38.5 Å². The van der Waals surface area contributed by atoms with E-state index in [4.69, 9.17) is 5.11 Å². The summed E-state index contributed by atoms with van der Waals surface area (Å²) in [5.74, 6) is -1.91. The van der Waals surface area contributed by atoms with Gasteiger partial charge in [-0.2, -0.15) is 0 Å². The molecule has 0 atom stereocenters. The molecule has 7 heteroatoms. The fraction of sp³-hybridized carbons (Fsp3) is 0. The average Bonchev–Trinajstić information content (AvgIpc) is 2.43. The Labute approximate surface area is 142 Å². The number of amides is 1. The molecule has 0 aliphatic carbocycles. The topological polar surface area (TPSA) is 86.6 Å². The Morgan fingerprint density at radius 3 is 2.52 bits per heavy atom. The lowest BCUT2D eigenvalue weighted by molar-refractivity contribution is 0.0698. The van der Waals surface area contributed by atoms with E-state index < -0.39 is 11.9 Å². The van der Waals surface area contributed by atoms with Crippen molar-refractivity contribution in [2.24, 2.45) is 0 Å². The van der Waals surface area contributed by atoms with E-state index >= 15 is 0 Å². The van der Waals surface area contributed by atoms with Gasteiger partial charge in [0.05, 0.1) is 16.8 Å². The maximum absolute atomic E-state index is 12.2. The minimum atomic E-state index is -1.15. The molecule has 0 aliphatic heterocycles. The maximum atomic E-state index is 12.2. The van der Waals surface area contributed by atoms with E-state index in [1.165, 1.54) is 18.2 Å². The van der Waals surface area contributed by atoms with Crippen LogP contribution in [0.15, 0.2) is 40.9 Å². The molecule has 0 unspecified atom stereocenters. The predicted octanol–water partition coefficient (Wildman–Crippen LogP) is 3.71. The summed E-state index contributed by atoms with van der Waals surface area (Å²) in [4.78, 5) is 23.4. The van der Waals surface area contributed by atoms with Gasteiger partial charge in [-0.15, -0.1) is 0 Å². The molecule has 0 saturated heterocycles. The molecule has 5 nitrogen and oxygen atoms in total. The van der Waals surface area contributed by atoms with Gasteiger partial charge < -0.3 is 15.5 Å². The van der Waals surface area contributed by atoms with Crippen LogP contribution in [0.3, 0.4) is 0 Å². The highest BCUT2D eigenvalue weighted by Crippen LogP contribution is 2.28. The highest BCUT2D eigenvalue weighted by molar-refractivity contribution is 14.1. The first-order valence-electron chi connectivity index (χ1n) is 5.72. The van der Waals surface area contributed by atoms with Gasteiger partial charge >= 0.3 is 5.97 Å². The summed E-state index contributed by atoms with van der Waals surface area (Å²) in [6, 6.07) is 9.16. The third kappa shape index (κ3) is 3.53. The molecule has 0 aliphatic rings. The summed E-state index contributed by atoms with van der Waals surface area (Å²) in [7, 11) is 0. The molecule has 1 amide bonds. The van der Waals surface area contributed by atoms with Crippen molar-refractivity contribution in [3.8, 4) is 5.75 Å². The number of aromatic carboxylic acids is 1. The van der Waals surface area contributed by atoms with Crippen LogP contribution in [0.5, 0.6) is 5.75 Å². The number of para-hydroxylation sites is 1. The predicted molar refractivity (Wildman–Crippen MR) is 89.9 cm³/mol. The van der Waals surface area contributed by atoms with E-state index in [1.807, 2.05) is 22.6 Å². The van der Waals surface area contributed by atoms with Crippen LogP contribution < -0.4 is 5.32 Å². The van der Waals surface area contributed by atoms with Crippen molar-refractivity contribution in [3.05, 3.63) is 55.6 Å². The standard InChI is InChI=1S/C14H9BrINO4/c15-10-3-1-2-8(14(20)21)12(10)17-13(19)9-6-7(16)4-5-11(9)18/h1-6,18H,(H,17,19)(H,20,21). The normalized spacial score (nSPS) is 10.2. The second-order valence-electron chi connectivity index (χ2n) is 4.08. The highest BCUT2D eigenvalue weighted by Gasteiger charge is 2.18. The first-order valence-corrected chi connectivity index (χ1v) is 7.59. The number of rotatable bonds is 3. The van der Waals surface area contributed by atoms with Crippen molar-refractivity contribution in [1.82, 2.24) is 0 Å². The van der Waals surface area contributed by atoms with Gasteiger partial charge in [-0.05, 0) is 68.9 Å². The SMILES string of the molecule is O=C(Nc1c(Br)cccc1C(=O)O)c1cc(I)ccc1O. The number of carboxylic acid groups (broad SMARTS) is 1. The number of aromatic hydroxyl groups is 1. The van der Waals surface area contributed by atoms with Gasteiger partial charge in [0.15, 0.2) is 0 Å². The average molecular weight is 462 g/mol.